The number of amides is 1. The van der Waals surface area contributed by atoms with E-state index in [0.29, 0.717) is 29.8 Å². The van der Waals surface area contributed by atoms with Gasteiger partial charge in [-0.15, -0.1) is 23.4 Å². The number of benzene rings is 1. The third-order valence-electron chi connectivity index (χ3n) is 4.04. The molecule has 2 heterocycles. The molecule has 2 aromatic heterocycles. The number of furan rings is 1. The fourth-order valence-corrected chi connectivity index (χ4v) is 3.52. The van der Waals surface area contributed by atoms with E-state index in [1.165, 1.54) is 11.8 Å². The Morgan fingerprint density at radius 2 is 1.89 bits per heavy atom. The van der Waals surface area contributed by atoms with Crippen LogP contribution >= 0.6 is 11.8 Å². The third kappa shape index (κ3) is 4.43. The molecule has 0 atom stereocenters. The Morgan fingerprint density at radius 1 is 1.18 bits per heavy atom. The van der Waals surface area contributed by atoms with Gasteiger partial charge in [0.05, 0.1) is 12.0 Å². The minimum absolute atomic E-state index is 0.0113. The lowest BCUT2D eigenvalue weighted by atomic mass is 10.2. The standard InChI is InChI=1S/C21H22N4O2S/c1-4-12-24(13-5-2)19(26)15-28-21-23-22-20(18-7-6-14-27-18)25(21)17-10-8-16(3)9-11-17/h4-11,14H,1-2,12-13,15H2,3H3. The minimum atomic E-state index is -0.0113. The fraction of sp³-hybridized carbons (Fsp3) is 0.190. The number of hydrogen-bond donors (Lipinski definition) is 0. The summed E-state index contributed by atoms with van der Waals surface area (Å²) in [6.07, 6.45) is 5.01. The number of nitrogens with zero attached hydrogens (tertiary/aromatic N) is 4. The molecule has 1 amide bonds. The van der Waals surface area contributed by atoms with Gasteiger partial charge in [0.15, 0.2) is 10.9 Å². The number of aryl methyl sites for hydroxylation is 1. The van der Waals surface area contributed by atoms with E-state index >= 15 is 0 Å². The van der Waals surface area contributed by atoms with Gasteiger partial charge in [-0.1, -0.05) is 41.6 Å². The highest BCUT2D eigenvalue weighted by Crippen LogP contribution is 2.28. The number of thioether (sulfide) groups is 1. The molecule has 0 N–H and O–H groups in total. The second-order valence-corrected chi connectivity index (χ2v) is 7.06. The topological polar surface area (TPSA) is 64.2 Å². The molecule has 28 heavy (non-hydrogen) atoms. The molecule has 0 saturated heterocycles. The van der Waals surface area contributed by atoms with Crippen molar-refractivity contribution in [2.24, 2.45) is 0 Å². The van der Waals surface area contributed by atoms with Crippen molar-refractivity contribution in [3.63, 3.8) is 0 Å². The average molecular weight is 395 g/mol. The highest BCUT2D eigenvalue weighted by atomic mass is 32.2. The number of rotatable bonds is 9. The largest absolute Gasteiger partial charge is 0.461 e. The summed E-state index contributed by atoms with van der Waals surface area (Å²) in [6.45, 7) is 10.4. The molecule has 0 aliphatic heterocycles. The van der Waals surface area contributed by atoms with Crippen LogP contribution in [0.1, 0.15) is 5.56 Å². The Morgan fingerprint density at radius 3 is 2.50 bits per heavy atom. The molecule has 3 rings (SSSR count). The van der Waals surface area contributed by atoms with E-state index < -0.39 is 0 Å². The van der Waals surface area contributed by atoms with Crippen LogP contribution in [0, 0.1) is 6.92 Å². The number of carbonyl (C=O) groups is 1. The van der Waals surface area contributed by atoms with Crippen molar-refractivity contribution in [2.45, 2.75) is 12.1 Å². The molecule has 0 bridgehead atoms. The van der Waals surface area contributed by atoms with Crippen LogP contribution in [0.15, 0.2) is 77.5 Å². The molecule has 0 fully saturated rings. The molecular weight excluding hydrogens is 372 g/mol. The highest BCUT2D eigenvalue weighted by Gasteiger charge is 2.20. The van der Waals surface area contributed by atoms with Gasteiger partial charge in [-0.3, -0.25) is 9.36 Å². The summed E-state index contributed by atoms with van der Waals surface area (Å²) in [5.41, 5.74) is 2.07. The van der Waals surface area contributed by atoms with Crippen molar-refractivity contribution in [3.8, 4) is 17.3 Å². The maximum Gasteiger partial charge on any atom is 0.233 e. The lowest BCUT2D eigenvalue weighted by Crippen LogP contribution is -2.32. The van der Waals surface area contributed by atoms with Gasteiger partial charge in [0.25, 0.3) is 0 Å². The van der Waals surface area contributed by atoms with E-state index in [1.54, 1.807) is 23.3 Å². The summed E-state index contributed by atoms with van der Waals surface area (Å²) < 4.78 is 7.42. The van der Waals surface area contributed by atoms with Crippen molar-refractivity contribution in [3.05, 3.63) is 73.5 Å². The van der Waals surface area contributed by atoms with Gasteiger partial charge in [0.2, 0.25) is 11.7 Å². The minimum Gasteiger partial charge on any atom is -0.461 e. The number of hydrogen-bond acceptors (Lipinski definition) is 5. The van der Waals surface area contributed by atoms with Crippen molar-refractivity contribution < 1.29 is 9.21 Å². The van der Waals surface area contributed by atoms with Gasteiger partial charge in [-0.05, 0) is 31.2 Å². The Hall–Kier alpha value is -3.06. The first-order chi connectivity index (χ1) is 13.6. The molecule has 144 valence electrons. The van der Waals surface area contributed by atoms with E-state index in [-0.39, 0.29) is 11.7 Å². The van der Waals surface area contributed by atoms with Crippen molar-refractivity contribution in [1.29, 1.82) is 0 Å². The molecule has 1 aromatic carbocycles. The van der Waals surface area contributed by atoms with Crippen molar-refractivity contribution in [2.75, 3.05) is 18.8 Å². The van der Waals surface area contributed by atoms with E-state index in [4.69, 9.17) is 4.42 Å². The first-order valence-electron chi connectivity index (χ1n) is 8.82. The van der Waals surface area contributed by atoms with E-state index in [0.717, 1.165) is 11.3 Å². The van der Waals surface area contributed by atoms with E-state index in [2.05, 4.69) is 23.4 Å². The molecule has 7 heteroatoms. The molecule has 0 saturated carbocycles. The van der Waals surface area contributed by atoms with Gasteiger partial charge in [-0.25, -0.2) is 0 Å². The zero-order chi connectivity index (χ0) is 19.9. The quantitative estimate of drug-likeness (QED) is 0.403. The highest BCUT2D eigenvalue weighted by molar-refractivity contribution is 7.99. The Labute approximate surface area is 168 Å². The lowest BCUT2D eigenvalue weighted by molar-refractivity contribution is -0.127. The van der Waals surface area contributed by atoms with Gasteiger partial charge in [0.1, 0.15) is 0 Å². The smallest absolute Gasteiger partial charge is 0.233 e. The first-order valence-corrected chi connectivity index (χ1v) is 9.81. The van der Waals surface area contributed by atoms with E-state index in [1.807, 2.05) is 47.9 Å². The first kappa shape index (κ1) is 19.7. The summed E-state index contributed by atoms with van der Waals surface area (Å²) in [7, 11) is 0. The summed E-state index contributed by atoms with van der Waals surface area (Å²) >= 11 is 1.34. The summed E-state index contributed by atoms with van der Waals surface area (Å²) in [5.74, 6) is 1.44. The molecule has 6 nitrogen and oxygen atoms in total. The molecule has 0 unspecified atom stereocenters. The van der Waals surface area contributed by atoms with Crippen molar-refractivity contribution >= 4 is 17.7 Å². The second-order valence-electron chi connectivity index (χ2n) is 6.12. The Kier molecular flexibility index (Phi) is 6.49. The molecule has 0 spiro atoms. The van der Waals surface area contributed by atoms with Crippen LogP contribution in [-0.2, 0) is 4.79 Å². The molecule has 0 aliphatic rings. The number of aromatic nitrogens is 3. The van der Waals surface area contributed by atoms with Gasteiger partial charge >= 0.3 is 0 Å². The molecule has 3 aromatic rings. The zero-order valence-electron chi connectivity index (χ0n) is 15.7. The van der Waals surface area contributed by atoms with Crippen LogP contribution in [0.5, 0.6) is 0 Å². The number of carbonyl (C=O) groups excluding carboxylic acids is 1. The maximum atomic E-state index is 12.6. The zero-order valence-corrected chi connectivity index (χ0v) is 16.6. The van der Waals surface area contributed by atoms with Gasteiger partial charge < -0.3 is 9.32 Å². The normalized spacial score (nSPS) is 10.6. The summed E-state index contributed by atoms with van der Waals surface area (Å²) in [5, 5.41) is 9.22. The van der Waals surface area contributed by atoms with Crippen LogP contribution in [0.2, 0.25) is 0 Å². The van der Waals surface area contributed by atoms with E-state index in [9.17, 15) is 4.79 Å². The van der Waals surface area contributed by atoms with Crippen LogP contribution in [-0.4, -0.2) is 44.4 Å². The fourth-order valence-electron chi connectivity index (χ4n) is 2.66. The third-order valence-corrected chi connectivity index (χ3v) is 4.96. The van der Waals surface area contributed by atoms with Crippen LogP contribution in [0.25, 0.3) is 17.3 Å². The molecule has 0 radical (unpaired) electrons. The van der Waals surface area contributed by atoms with Crippen molar-refractivity contribution in [1.82, 2.24) is 19.7 Å². The van der Waals surface area contributed by atoms with Gasteiger partial charge in [-0.2, -0.15) is 0 Å². The average Bonchev–Trinajstić information content (AvgIpc) is 3.36. The Bertz CT molecular complexity index is 935. The summed E-state index contributed by atoms with van der Waals surface area (Å²) in [4.78, 5) is 14.2. The SMILES string of the molecule is C=CCN(CC=C)C(=O)CSc1nnc(-c2ccco2)n1-c1ccc(C)cc1. The summed E-state index contributed by atoms with van der Waals surface area (Å²) in [6, 6.07) is 11.7. The molecule has 0 aliphatic carbocycles. The monoisotopic (exact) mass is 394 g/mol. The second kappa shape index (κ2) is 9.23. The lowest BCUT2D eigenvalue weighted by Gasteiger charge is -2.18. The van der Waals surface area contributed by atoms with Crippen LogP contribution < -0.4 is 0 Å². The Balaban J connectivity index is 1.89. The molecular formula is C21H22N4O2S. The predicted molar refractivity (Wildman–Crippen MR) is 111 cm³/mol. The van der Waals surface area contributed by atoms with Crippen LogP contribution in [0.3, 0.4) is 0 Å². The van der Waals surface area contributed by atoms with Crippen LogP contribution in [0.4, 0.5) is 0 Å². The predicted octanol–water partition coefficient (Wildman–Crippen LogP) is 4.13. The maximum absolute atomic E-state index is 12.6. The van der Waals surface area contributed by atoms with Gasteiger partial charge in [0, 0.05) is 18.8 Å².